The molecule has 0 heterocycles. The van der Waals surface area contributed by atoms with Crippen LogP contribution in [0.1, 0.15) is 66.7 Å². The molecular weight excluding hydrogens is 260 g/mol. The molecule has 0 aliphatic heterocycles. The summed E-state index contributed by atoms with van der Waals surface area (Å²) in [6.07, 6.45) is 5.60. The van der Waals surface area contributed by atoms with Gasteiger partial charge in [-0.1, -0.05) is 52.1 Å². The van der Waals surface area contributed by atoms with Gasteiger partial charge < -0.3 is 4.55 Å². The molecule has 2 bridgehead atoms. The number of carbonyl (C=O) groups excluding carboxylic acids is 1. The fraction of sp³-hybridized carbons (Fsp3) is 0.933. The first-order chi connectivity index (χ1) is 8.69. The highest BCUT2D eigenvalue weighted by molar-refractivity contribution is 7.79. The van der Waals surface area contributed by atoms with Crippen LogP contribution in [0.2, 0.25) is 0 Å². The first-order valence-electron chi connectivity index (χ1n) is 7.30. The minimum Gasteiger partial charge on any atom is -0.772 e. The Bertz CT molecular complexity index is 362. The van der Waals surface area contributed by atoms with Crippen molar-refractivity contribution in [1.29, 1.82) is 0 Å². The van der Waals surface area contributed by atoms with Gasteiger partial charge in [0, 0.05) is 17.1 Å². The predicted octanol–water partition coefficient (Wildman–Crippen LogP) is 3.46. The lowest BCUT2D eigenvalue weighted by atomic mass is 9.66. The van der Waals surface area contributed by atoms with Crippen LogP contribution in [0.25, 0.3) is 0 Å². The summed E-state index contributed by atoms with van der Waals surface area (Å²) in [5.74, 6) is 1.25. The van der Waals surface area contributed by atoms with Crippen molar-refractivity contribution in [3.8, 4) is 0 Å². The van der Waals surface area contributed by atoms with Crippen LogP contribution >= 0.6 is 0 Å². The molecule has 0 aromatic carbocycles. The lowest BCUT2D eigenvalue weighted by molar-refractivity contribution is -0.129. The highest BCUT2D eigenvalue weighted by Gasteiger charge is 2.63. The number of rotatable bonds is 3. The van der Waals surface area contributed by atoms with Crippen LogP contribution in [0.3, 0.4) is 0 Å². The minimum atomic E-state index is -1.87. The van der Waals surface area contributed by atoms with E-state index in [2.05, 4.69) is 20.8 Å². The molecule has 112 valence electrons. The highest BCUT2D eigenvalue weighted by atomic mass is 32.2. The third-order valence-electron chi connectivity index (χ3n) is 5.20. The summed E-state index contributed by atoms with van der Waals surface area (Å²) in [7, 11) is 0. The molecule has 2 rings (SSSR count). The lowest BCUT2D eigenvalue weighted by Gasteiger charge is -2.36. The van der Waals surface area contributed by atoms with Crippen molar-refractivity contribution in [3.63, 3.8) is 0 Å². The number of ketones is 1. The van der Waals surface area contributed by atoms with Gasteiger partial charge in [-0.2, -0.15) is 0 Å². The van der Waals surface area contributed by atoms with E-state index in [0.717, 1.165) is 25.7 Å². The fourth-order valence-electron chi connectivity index (χ4n) is 3.78. The van der Waals surface area contributed by atoms with Crippen molar-refractivity contribution in [1.82, 2.24) is 0 Å². The van der Waals surface area contributed by atoms with Gasteiger partial charge in [0.1, 0.15) is 5.78 Å². The van der Waals surface area contributed by atoms with Crippen molar-refractivity contribution in [2.75, 3.05) is 0 Å². The smallest absolute Gasteiger partial charge is 0.139 e. The van der Waals surface area contributed by atoms with E-state index < -0.39 is 11.1 Å². The topological polar surface area (TPSA) is 57.2 Å². The Labute approximate surface area is 119 Å². The van der Waals surface area contributed by atoms with Crippen LogP contribution in [-0.4, -0.2) is 19.8 Å². The molecule has 2 aliphatic rings. The number of hydrogen-bond donors (Lipinski definition) is 0. The summed E-state index contributed by atoms with van der Waals surface area (Å²) in [4.78, 5) is 12.0. The van der Waals surface area contributed by atoms with Crippen molar-refractivity contribution in [3.05, 3.63) is 0 Å². The first kappa shape index (κ1) is 16.8. The van der Waals surface area contributed by atoms with Crippen LogP contribution < -0.4 is 0 Å². The summed E-state index contributed by atoms with van der Waals surface area (Å²) in [5.41, 5.74) is 0.368. The Morgan fingerprint density at radius 3 is 2.21 bits per heavy atom. The molecule has 2 fully saturated rings. The molecule has 19 heavy (non-hydrogen) atoms. The van der Waals surface area contributed by atoms with E-state index in [1.165, 1.54) is 6.42 Å². The summed E-state index contributed by atoms with van der Waals surface area (Å²) in [6.45, 7) is 10.1. The van der Waals surface area contributed by atoms with Gasteiger partial charge in [-0.25, -0.2) is 0 Å². The number of fused-ring (bicyclic) bond motifs is 2. The third-order valence-corrected chi connectivity index (χ3v) is 5.97. The second-order valence-corrected chi connectivity index (χ2v) is 8.19. The molecule has 0 N–H and O–H groups in total. The van der Waals surface area contributed by atoms with Gasteiger partial charge in [-0.15, -0.1) is 0 Å². The average molecular weight is 287 g/mol. The largest absolute Gasteiger partial charge is 0.772 e. The molecule has 0 aromatic heterocycles. The Balaban J connectivity index is 0.000000258. The number of Topliss-reactive ketones (excluding diaryl/α,β-unsaturated/α-hetero) is 1. The first-order valence-corrected chi connectivity index (χ1v) is 8.44. The SMILES string of the molecule is CC(C)S(=O)[O-].CCC[C@@]12CC[C@@H](CC1=O)C2(C)C. The zero-order valence-electron chi connectivity index (χ0n) is 12.8. The van der Waals surface area contributed by atoms with Crippen LogP contribution in [0, 0.1) is 16.7 Å². The Morgan fingerprint density at radius 2 is 1.95 bits per heavy atom. The number of hydrogen-bond acceptors (Lipinski definition) is 3. The van der Waals surface area contributed by atoms with Gasteiger partial charge in [0.2, 0.25) is 0 Å². The van der Waals surface area contributed by atoms with Gasteiger partial charge in [0.25, 0.3) is 0 Å². The van der Waals surface area contributed by atoms with Gasteiger partial charge in [0.05, 0.1) is 0 Å². The third kappa shape index (κ3) is 2.94. The van der Waals surface area contributed by atoms with Gasteiger partial charge >= 0.3 is 0 Å². The Morgan fingerprint density at radius 1 is 1.42 bits per heavy atom. The standard InChI is InChI=1S/C12H20O.C3H8O2S/c1-4-6-12-7-5-9(8-10(12)13)11(12,2)3;1-3(2)6(4)5/h9H,4-8H2,1-3H3;3H,1-2H3,(H,4,5)/p-1/t9-,12+;/m0./s1. The van der Waals surface area contributed by atoms with Crippen LogP contribution in [0.15, 0.2) is 0 Å². The van der Waals surface area contributed by atoms with Crippen LogP contribution in [0.5, 0.6) is 0 Å². The van der Waals surface area contributed by atoms with E-state index in [0.29, 0.717) is 17.1 Å². The molecule has 3 atom stereocenters. The quantitative estimate of drug-likeness (QED) is 0.747. The number of carbonyl (C=O) groups is 1. The molecule has 0 saturated heterocycles. The van der Waals surface area contributed by atoms with E-state index >= 15 is 0 Å². The lowest BCUT2D eigenvalue weighted by Crippen LogP contribution is -2.35. The summed E-state index contributed by atoms with van der Waals surface area (Å²) < 4.78 is 19.4. The maximum absolute atomic E-state index is 12.0. The average Bonchev–Trinajstić information content (AvgIpc) is 2.64. The molecule has 0 aromatic rings. The van der Waals surface area contributed by atoms with Crippen molar-refractivity contribution < 1.29 is 13.6 Å². The highest BCUT2D eigenvalue weighted by Crippen LogP contribution is 2.65. The van der Waals surface area contributed by atoms with Gasteiger partial charge in [0.15, 0.2) is 0 Å². The zero-order chi connectivity index (χ0) is 14.8. The summed E-state index contributed by atoms with van der Waals surface area (Å²) >= 11 is -1.87. The van der Waals surface area contributed by atoms with Gasteiger partial charge in [-0.05, 0) is 30.6 Å². The van der Waals surface area contributed by atoms with Crippen LogP contribution in [-0.2, 0) is 15.9 Å². The van der Waals surface area contributed by atoms with Crippen molar-refractivity contribution >= 4 is 16.9 Å². The molecule has 0 amide bonds. The molecule has 3 nitrogen and oxygen atoms in total. The maximum atomic E-state index is 12.0. The van der Waals surface area contributed by atoms with E-state index in [1.807, 2.05) is 0 Å². The zero-order valence-corrected chi connectivity index (χ0v) is 13.6. The summed E-state index contributed by atoms with van der Waals surface area (Å²) in [5, 5.41) is -0.231. The molecular formula is C15H27O3S-. The van der Waals surface area contributed by atoms with E-state index in [1.54, 1.807) is 13.8 Å². The normalized spacial score (nSPS) is 33.2. The van der Waals surface area contributed by atoms with E-state index in [-0.39, 0.29) is 10.7 Å². The van der Waals surface area contributed by atoms with Crippen LogP contribution in [0.4, 0.5) is 0 Å². The van der Waals surface area contributed by atoms with Gasteiger partial charge in [-0.3, -0.25) is 9.00 Å². The molecule has 4 heteroatoms. The second-order valence-electron chi connectivity index (χ2n) is 6.73. The monoisotopic (exact) mass is 287 g/mol. The van der Waals surface area contributed by atoms with Crippen molar-refractivity contribution in [2.24, 2.45) is 16.7 Å². The second kappa shape index (κ2) is 6.04. The molecule has 2 aliphatic carbocycles. The van der Waals surface area contributed by atoms with Crippen molar-refractivity contribution in [2.45, 2.75) is 72.0 Å². The fourth-order valence-corrected chi connectivity index (χ4v) is 3.78. The molecule has 1 unspecified atom stereocenters. The van der Waals surface area contributed by atoms with E-state index in [4.69, 9.17) is 0 Å². The molecule has 0 spiro atoms. The summed E-state index contributed by atoms with van der Waals surface area (Å²) in [6, 6.07) is 0. The molecule has 0 radical (unpaired) electrons. The Hall–Kier alpha value is -0.220. The van der Waals surface area contributed by atoms with E-state index in [9.17, 15) is 13.6 Å². The maximum Gasteiger partial charge on any atom is 0.139 e. The molecule has 2 saturated carbocycles. The minimum absolute atomic E-state index is 0.0758. The Kier molecular flexibility index (Phi) is 5.35. The predicted molar refractivity (Wildman–Crippen MR) is 77.5 cm³/mol.